The number of carbonyl (C=O) groups is 2. The number of sulfonamides is 1. The molecule has 2 aliphatic rings. The zero-order chi connectivity index (χ0) is 22.9. The first-order valence-electron chi connectivity index (χ1n) is 10.4. The molecular weight excluding hydrogens is 470 g/mol. The molecule has 0 bridgehead atoms. The molecule has 170 valence electrons. The summed E-state index contributed by atoms with van der Waals surface area (Å²) in [5, 5.41) is 2.31. The SMILES string of the molecule is Cc1c(Cl)cccc1NS(=O)(=O)c1ccc2c(c1)NC(=O)C(C(=O)N1CCCCCC1)S2. The highest BCUT2D eigenvalue weighted by Crippen LogP contribution is 2.38. The molecule has 0 radical (unpaired) electrons. The van der Waals surface area contributed by atoms with Gasteiger partial charge in [-0.3, -0.25) is 14.3 Å². The van der Waals surface area contributed by atoms with E-state index < -0.39 is 21.2 Å². The van der Waals surface area contributed by atoms with Crippen LogP contribution in [0.2, 0.25) is 5.02 Å². The Morgan fingerprint density at radius 2 is 1.88 bits per heavy atom. The van der Waals surface area contributed by atoms with Gasteiger partial charge in [0.1, 0.15) is 0 Å². The van der Waals surface area contributed by atoms with Gasteiger partial charge < -0.3 is 10.2 Å². The minimum atomic E-state index is -3.90. The van der Waals surface area contributed by atoms with Crippen LogP contribution in [0.4, 0.5) is 11.4 Å². The molecule has 10 heteroatoms. The number of hydrogen-bond acceptors (Lipinski definition) is 5. The second kappa shape index (κ2) is 9.33. The van der Waals surface area contributed by atoms with Crippen LogP contribution in [-0.4, -0.2) is 43.5 Å². The number of benzene rings is 2. The van der Waals surface area contributed by atoms with Gasteiger partial charge in [-0.2, -0.15) is 0 Å². The Balaban J connectivity index is 1.54. The fraction of sp³-hybridized carbons (Fsp3) is 0.364. The molecule has 0 saturated carbocycles. The lowest BCUT2D eigenvalue weighted by Crippen LogP contribution is -2.45. The number of thioether (sulfide) groups is 1. The minimum Gasteiger partial charge on any atom is -0.341 e. The number of carbonyl (C=O) groups excluding carboxylic acids is 2. The molecule has 2 heterocycles. The van der Waals surface area contributed by atoms with Crippen molar-refractivity contribution in [2.24, 2.45) is 0 Å². The molecule has 2 N–H and O–H groups in total. The summed E-state index contributed by atoms with van der Waals surface area (Å²) in [6, 6.07) is 9.49. The summed E-state index contributed by atoms with van der Waals surface area (Å²) in [6.45, 7) is 3.06. The summed E-state index contributed by atoms with van der Waals surface area (Å²) in [4.78, 5) is 28.1. The average molecular weight is 494 g/mol. The van der Waals surface area contributed by atoms with Crippen molar-refractivity contribution in [3.05, 3.63) is 47.0 Å². The molecule has 7 nitrogen and oxygen atoms in total. The van der Waals surface area contributed by atoms with Crippen LogP contribution in [0.3, 0.4) is 0 Å². The van der Waals surface area contributed by atoms with E-state index in [-0.39, 0.29) is 10.8 Å². The molecule has 2 aliphatic heterocycles. The second-order valence-electron chi connectivity index (χ2n) is 7.90. The summed E-state index contributed by atoms with van der Waals surface area (Å²) >= 11 is 7.25. The highest BCUT2D eigenvalue weighted by atomic mass is 35.5. The second-order valence-corrected chi connectivity index (χ2v) is 11.1. The van der Waals surface area contributed by atoms with E-state index in [1.165, 1.54) is 23.9 Å². The van der Waals surface area contributed by atoms with E-state index in [0.29, 0.717) is 39.9 Å². The Morgan fingerprint density at radius 1 is 1.16 bits per heavy atom. The van der Waals surface area contributed by atoms with E-state index >= 15 is 0 Å². The van der Waals surface area contributed by atoms with E-state index in [1.54, 1.807) is 36.1 Å². The zero-order valence-electron chi connectivity index (χ0n) is 17.6. The van der Waals surface area contributed by atoms with Gasteiger partial charge in [-0.05, 0) is 55.7 Å². The van der Waals surface area contributed by atoms with Crippen LogP contribution in [0.1, 0.15) is 31.2 Å². The van der Waals surface area contributed by atoms with E-state index in [0.717, 1.165) is 25.7 Å². The predicted molar refractivity (Wildman–Crippen MR) is 127 cm³/mol. The van der Waals surface area contributed by atoms with Gasteiger partial charge in [0.05, 0.1) is 16.3 Å². The van der Waals surface area contributed by atoms with Crippen LogP contribution >= 0.6 is 23.4 Å². The third-order valence-corrected chi connectivity index (χ3v) is 8.69. The summed E-state index contributed by atoms with van der Waals surface area (Å²) in [5.41, 5.74) is 1.39. The molecule has 2 aromatic rings. The molecule has 0 aromatic heterocycles. The number of halogens is 1. The lowest BCUT2D eigenvalue weighted by molar-refractivity contribution is -0.133. The van der Waals surface area contributed by atoms with Crippen molar-refractivity contribution in [1.82, 2.24) is 4.90 Å². The predicted octanol–water partition coefficient (Wildman–Crippen LogP) is 4.26. The summed E-state index contributed by atoms with van der Waals surface area (Å²) < 4.78 is 28.4. The maximum atomic E-state index is 12.9. The first kappa shape index (κ1) is 22.9. The quantitative estimate of drug-likeness (QED) is 0.620. The maximum absolute atomic E-state index is 12.9. The van der Waals surface area contributed by atoms with Gasteiger partial charge in [-0.15, -0.1) is 11.8 Å². The molecule has 1 fully saturated rings. The third-order valence-electron chi connectivity index (χ3n) is 5.66. The first-order valence-corrected chi connectivity index (χ1v) is 13.2. The Hall–Kier alpha value is -2.23. The monoisotopic (exact) mass is 493 g/mol. The van der Waals surface area contributed by atoms with E-state index in [2.05, 4.69) is 10.0 Å². The maximum Gasteiger partial charge on any atom is 0.261 e. The van der Waals surface area contributed by atoms with Crippen LogP contribution < -0.4 is 10.0 Å². The first-order chi connectivity index (χ1) is 15.3. The zero-order valence-corrected chi connectivity index (χ0v) is 19.9. The van der Waals surface area contributed by atoms with Gasteiger partial charge in [0.2, 0.25) is 11.8 Å². The number of amides is 2. The smallest absolute Gasteiger partial charge is 0.261 e. The summed E-state index contributed by atoms with van der Waals surface area (Å²) in [5.74, 6) is -0.611. The molecule has 4 rings (SSSR count). The molecular formula is C22H24ClN3O4S2. The molecule has 1 saturated heterocycles. The molecule has 32 heavy (non-hydrogen) atoms. The molecule has 1 atom stereocenters. The van der Waals surface area contributed by atoms with E-state index in [9.17, 15) is 18.0 Å². The van der Waals surface area contributed by atoms with Crippen molar-refractivity contribution in [3.8, 4) is 0 Å². The lowest BCUT2D eigenvalue weighted by atomic mass is 10.2. The van der Waals surface area contributed by atoms with Gasteiger partial charge >= 0.3 is 0 Å². The Morgan fingerprint density at radius 3 is 2.59 bits per heavy atom. The normalized spacial score (nSPS) is 19.0. The van der Waals surface area contributed by atoms with Crippen LogP contribution in [-0.2, 0) is 19.6 Å². The molecule has 2 amide bonds. The standard InChI is InChI=1S/C22H24ClN3O4S2/c1-14-16(23)7-6-8-17(14)25-32(29,30)15-9-10-19-18(13-15)24-21(27)20(31-19)22(28)26-11-4-2-3-5-12-26/h6-10,13,20,25H,2-5,11-12H2,1H3,(H,24,27). The van der Waals surface area contributed by atoms with Gasteiger partial charge in [-0.1, -0.05) is 30.5 Å². The Bertz CT molecular complexity index is 1160. The highest BCUT2D eigenvalue weighted by Gasteiger charge is 2.36. The van der Waals surface area contributed by atoms with Crippen LogP contribution in [0.25, 0.3) is 0 Å². The van der Waals surface area contributed by atoms with Crippen LogP contribution in [0.15, 0.2) is 46.2 Å². The third kappa shape index (κ3) is 4.74. The van der Waals surface area contributed by atoms with Gasteiger partial charge in [-0.25, -0.2) is 8.42 Å². The van der Waals surface area contributed by atoms with Crippen molar-refractivity contribution in [1.29, 1.82) is 0 Å². The van der Waals surface area contributed by atoms with Crippen LogP contribution in [0, 0.1) is 6.92 Å². The lowest BCUT2D eigenvalue weighted by Gasteiger charge is -2.29. The number of hydrogen-bond donors (Lipinski definition) is 2. The van der Waals surface area contributed by atoms with Gasteiger partial charge in [0, 0.05) is 23.0 Å². The largest absolute Gasteiger partial charge is 0.341 e. The number of nitrogens with one attached hydrogen (secondary N) is 2. The minimum absolute atomic E-state index is 0.00817. The summed E-state index contributed by atoms with van der Waals surface area (Å²) in [7, 11) is -3.90. The van der Waals surface area contributed by atoms with Crippen molar-refractivity contribution in [2.75, 3.05) is 23.1 Å². The highest BCUT2D eigenvalue weighted by molar-refractivity contribution is 8.01. The Labute approximate surface area is 196 Å². The fourth-order valence-electron chi connectivity index (χ4n) is 3.80. The average Bonchev–Trinajstić information content (AvgIpc) is 3.05. The number of fused-ring (bicyclic) bond motifs is 1. The van der Waals surface area contributed by atoms with Gasteiger partial charge in [0.25, 0.3) is 10.0 Å². The molecule has 1 unspecified atom stereocenters. The van der Waals surface area contributed by atoms with E-state index in [1.807, 2.05) is 0 Å². The topological polar surface area (TPSA) is 95.6 Å². The number of nitrogens with zero attached hydrogens (tertiary/aromatic N) is 1. The fourth-order valence-corrected chi connectivity index (χ4v) is 6.17. The molecule has 2 aromatic carbocycles. The summed E-state index contributed by atoms with van der Waals surface area (Å²) in [6.07, 6.45) is 4.08. The molecule has 0 spiro atoms. The van der Waals surface area contributed by atoms with Crippen molar-refractivity contribution in [3.63, 3.8) is 0 Å². The van der Waals surface area contributed by atoms with Crippen molar-refractivity contribution >= 4 is 56.6 Å². The van der Waals surface area contributed by atoms with Gasteiger partial charge in [0.15, 0.2) is 5.25 Å². The number of anilines is 2. The number of likely N-dealkylation sites (tertiary alicyclic amines) is 1. The molecule has 0 aliphatic carbocycles. The van der Waals surface area contributed by atoms with E-state index in [4.69, 9.17) is 11.6 Å². The van der Waals surface area contributed by atoms with Crippen molar-refractivity contribution < 1.29 is 18.0 Å². The van der Waals surface area contributed by atoms with Crippen LogP contribution in [0.5, 0.6) is 0 Å². The number of rotatable bonds is 4. The van der Waals surface area contributed by atoms with Crippen molar-refractivity contribution in [2.45, 2.75) is 47.6 Å². The Kier molecular flexibility index (Phi) is 6.69.